The van der Waals surface area contributed by atoms with Gasteiger partial charge in [0, 0.05) is 23.5 Å². The molecule has 0 aliphatic heterocycles. The van der Waals surface area contributed by atoms with Crippen LogP contribution in [0.3, 0.4) is 0 Å². The van der Waals surface area contributed by atoms with Crippen molar-refractivity contribution < 1.29 is 18.3 Å². The molecule has 1 aromatic heterocycles. The molecule has 0 saturated heterocycles. The topological polar surface area (TPSA) is 30.5 Å². The lowest BCUT2D eigenvalue weighted by Crippen LogP contribution is -2.14. The molecule has 0 aliphatic rings. The van der Waals surface area contributed by atoms with Crippen LogP contribution in [0.25, 0.3) is 0 Å². The van der Waals surface area contributed by atoms with Gasteiger partial charge in [0.1, 0.15) is 0 Å². The molecule has 0 atom stereocenters. The van der Waals surface area contributed by atoms with E-state index in [-0.39, 0.29) is 5.75 Å². The molecule has 1 aromatic carbocycles. The Morgan fingerprint density at radius 3 is 2.67 bits per heavy atom. The lowest BCUT2D eigenvalue weighted by Gasteiger charge is -2.14. The predicted molar refractivity (Wildman–Crippen MR) is 79.2 cm³/mol. The van der Waals surface area contributed by atoms with Gasteiger partial charge in [0.2, 0.25) is 0 Å². The van der Waals surface area contributed by atoms with E-state index in [2.05, 4.69) is 16.1 Å². The molecule has 0 unspecified atom stereocenters. The van der Waals surface area contributed by atoms with Gasteiger partial charge in [-0.05, 0) is 30.0 Å². The van der Waals surface area contributed by atoms with Crippen LogP contribution in [0.1, 0.15) is 16.0 Å². The Kier molecular flexibility index (Phi) is 5.52. The first-order valence-electron chi connectivity index (χ1n) is 6.46. The van der Waals surface area contributed by atoms with Gasteiger partial charge in [-0.1, -0.05) is 12.1 Å². The fraction of sp³-hybridized carbons (Fsp3) is 0.333. The molecule has 0 radical (unpaired) electrons. The average Bonchev–Trinajstić information content (AvgIpc) is 2.85. The third kappa shape index (κ3) is 4.15. The molecule has 0 amide bonds. The third-order valence-electron chi connectivity index (χ3n) is 3.06. The van der Waals surface area contributed by atoms with Crippen LogP contribution in [0, 0.1) is 6.92 Å². The second kappa shape index (κ2) is 7.38. The Hall–Kier alpha value is -1.66. The number of methoxy groups -OCH3 is 1. The second-order valence-electron chi connectivity index (χ2n) is 4.46. The number of thiophene rings is 1. The van der Waals surface area contributed by atoms with Gasteiger partial charge < -0.3 is 14.8 Å². The average molecular weight is 313 g/mol. The predicted octanol–water partition coefficient (Wildman–Crippen LogP) is 3.96. The zero-order chi connectivity index (χ0) is 15.2. The van der Waals surface area contributed by atoms with Gasteiger partial charge >= 0.3 is 6.61 Å². The smallest absolute Gasteiger partial charge is 0.387 e. The van der Waals surface area contributed by atoms with E-state index in [1.54, 1.807) is 29.5 Å². The lowest BCUT2D eigenvalue weighted by atomic mass is 10.2. The van der Waals surface area contributed by atoms with Gasteiger partial charge in [0.25, 0.3) is 0 Å². The summed E-state index contributed by atoms with van der Waals surface area (Å²) in [4.78, 5) is 1.23. The minimum absolute atomic E-state index is 0.0883. The Balaban J connectivity index is 2.06. The van der Waals surface area contributed by atoms with E-state index in [4.69, 9.17) is 4.74 Å². The monoisotopic (exact) mass is 313 g/mol. The summed E-state index contributed by atoms with van der Waals surface area (Å²) in [5.74, 6) is 0.396. The molecule has 0 fully saturated rings. The molecule has 2 rings (SSSR count). The Bertz CT molecular complexity index is 587. The summed E-state index contributed by atoms with van der Waals surface area (Å²) in [5.41, 5.74) is 1.87. The number of aryl methyl sites for hydroxylation is 1. The van der Waals surface area contributed by atoms with E-state index in [1.807, 2.05) is 12.3 Å². The van der Waals surface area contributed by atoms with Crippen molar-refractivity contribution in [1.29, 1.82) is 0 Å². The van der Waals surface area contributed by atoms with Gasteiger partial charge in [-0.2, -0.15) is 8.78 Å². The van der Waals surface area contributed by atoms with Crippen LogP contribution < -0.4 is 14.8 Å². The van der Waals surface area contributed by atoms with Crippen LogP contribution in [0.4, 0.5) is 8.78 Å². The standard InChI is InChI=1S/C15H17F2NO2S/c1-10-6-7-21-13(10)9-18-8-11-4-3-5-12(19-2)14(11)20-15(16)17/h3-7,15,18H,8-9H2,1-2H3. The number of benzene rings is 1. The van der Waals surface area contributed by atoms with Gasteiger partial charge in [-0.15, -0.1) is 11.3 Å². The Morgan fingerprint density at radius 2 is 2.05 bits per heavy atom. The first-order valence-corrected chi connectivity index (χ1v) is 7.34. The first kappa shape index (κ1) is 15.7. The molecule has 0 spiro atoms. The van der Waals surface area contributed by atoms with Crippen LogP contribution in [-0.2, 0) is 13.1 Å². The number of alkyl halides is 2. The molecule has 21 heavy (non-hydrogen) atoms. The summed E-state index contributed by atoms with van der Waals surface area (Å²) in [6, 6.07) is 7.16. The minimum Gasteiger partial charge on any atom is -0.493 e. The Morgan fingerprint density at radius 1 is 1.24 bits per heavy atom. The summed E-state index contributed by atoms with van der Waals surface area (Å²) in [5, 5.41) is 5.27. The molecule has 6 heteroatoms. The van der Waals surface area contributed by atoms with Crippen molar-refractivity contribution >= 4 is 11.3 Å². The summed E-state index contributed by atoms with van der Waals surface area (Å²) in [6.07, 6.45) is 0. The highest BCUT2D eigenvalue weighted by Crippen LogP contribution is 2.32. The number of halogens is 2. The number of rotatable bonds is 7. The quantitative estimate of drug-likeness (QED) is 0.839. The van der Waals surface area contributed by atoms with Crippen molar-refractivity contribution in [2.24, 2.45) is 0 Å². The summed E-state index contributed by atoms with van der Waals surface area (Å²) >= 11 is 1.67. The van der Waals surface area contributed by atoms with Crippen LogP contribution in [0.5, 0.6) is 11.5 Å². The molecule has 3 nitrogen and oxygen atoms in total. The van der Waals surface area contributed by atoms with Crippen molar-refractivity contribution in [2.75, 3.05) is 7.11 Å². The third-order valence-corrected chi connectivity index (χ3v) is 4.08. The van der Waals surface area contributed by atoms with Gasteiger partial charge in [-0.25, -0.2) is 0 Å². The van der Waals surface area contributed by atoms with Crippen LogP contribution in [0.2, 0.25) is 0 Å². The number of hydrogen-bond acceptors (Lipinski definition) is 4. The van der Waals surface area contributed by atoms with E-state index in [0.717, 1.165) is 0 Å². The summed E-state index contributed by atoms with van der Waals surface area (Å²) in [7, 11) is 1.43. The minimum atomic E-state index is -2.88. The molecule has 0 saturated carbocycles. The lowest BCUT2D eigenvalue weighted by molar-refractivity contribution is -0.0518. The van der Waals surface area contributed by atoms with E-state index in [0.29, 0.717) is 24.4 Å². The largest absolute Gasteiger partial charge is 0.493 e. The molecular weight excluding hydrogens is 296 g/mol. The molecule has 0 bridgehead atoms. The maximum absolute atomic E-state index is 12.5. The summed E-state index contributed by atoms with van der Waals surface area (Å²) in [6.45, 7) is 0.287. The van der Waals surface area contributed by atoms with E-state index >= 15 is 0 Å². The highest BCUT2D eigenvalue weighted by Gasteiger charge is 2.15. The second-order valence-corrected chi connectivity index (χ2v) is 5.46. The van der Waals surface area contributed by atoms with E-state index in [1.165, 1.54) is 17.6 Å². The van der Waals surface area contributed by atoms with Crippen molar-refractivity contribution in [3.63, 3.8) is 0 Å². The van der Waals surface area contributed by atoms with Gasteiger partial charge in [-0.3, -0.25) is 0 Å². The van der Waals surface area contributed by atoms with Crippen molar-refractivity contribution in [3.05, 3.63) is 45.6 Å². The van der Waals surface area contributed by atoms with Gasteiger partial charge in [0.15, 0.2) is 11.5 Å². The maximum atomic E-state index is 12.5. The van der Waals surface area contributed by atoms with Crippen LogP contribution in [-0.4, -0.2) is 13.7 Å². The number of para-hydroxylation sites is 1. The maximum Gasteiger partial charge on any atom is 0.387 e. The number of hydrogen-bond donors (Lipinski definition) is 1. The van der Waals surface area contributed by atoms with Crippen molar-refractivity contribution in [1.82, 2.24) is 5.32 Å². The zero-order valence-electron chi connectivity index (χ0n) is 11.9. The Labute approximate surface area is 126 Å². The summed E-state index contributed by atoms with van der Waals surface area (Å²) < 4.78 is 34.7. The van der Waals surface area contributed by atoms with Crippen molar-refractivity contribution in [2.45, 2.75) is 26.6 Å². The van der Waals surface area contributed by atoms with Gasteiger partial charge in [0.05, 0.1) is 7.11 Å². The SMILES string of the molecule is COc1cccc(CNCc2sccc2C)c1OC(F)F. The molecule has 0 aliphatic carbocycles. The fourth-order valence-electron chi connectivity index (χ4n) is 1.98. The molecule has 1 heterocycles. The normalized spacial score (nSPS) is 10.9. The zero-order valence-corrected chi connectivity index (χ0v) is 12.7. The highest BCUT2D eigenvalue weighted by molar-refractivity contribution is 7.10. The number of ether oxygens (including phenoxy) is 2. The molecule has 1 N–H and O–H groups in total. The fourth-order valence-corrected chi connectivity index (χ4v) is 2.86. The van der Waals surface area contributed by atoms with Crippen LogP contribution in [0.15, 0.2) is 29.6 Å². The van der Waals surface area contributed by atoms with E-state index in [9.17, 15) is 8.78 Å². The van der Waals surface area contributed by atoms with E-state index < -0.39 is 6.61 Å². The first-order chi connectivity index (χ1) is 10.1. The van der Waals surface area contributed by atoms with Crippen LogP contribution >= 0.6 is 11.3 Å². The molecular formula is C15H17F2NO2S. The molecule has 114 valence electrons. The molecule has 2 aromatic rings. The number of nitrogens with one attached hydrogen (secondary N) is 1. The van der Waals surface area contributed by atoms with Crippen molar-refractivity contribution in [3.8, 4) is 11.5 Å². The highest BCUT2D eigenvalue weighted by atomic mass is 32.1.